The fourth-order valence-corrected chi connectivity index (χ4v) is 1.33. The van der Waals surface area contributed by atoms with Gasteiger partial charge < -0.3 is 0 Å². The molecule has 0 aromatic carbocycles. The molecule has 0 heteroatoms. The maximum atomic E-state index is 2.30. The summed E-state index contributed by atoms with van der Waals surface area (Å²) in [6, 6.07) is 0. The third kappa shape index (κ3) is 0.605. The molecule has 2 bridgehead atoms. The minimum Gasteiger partial charge on any atom is -0.0810 e. The van der Waals surface area contributed by atoms with Crippen LogP contribution in [-0.2, 0) is 0 Å². The van der Waals surface area contributed by atoms with E-state index in [1.54, 1.807) is 0 Å². The zero-order valence-corrected chi connectivity index (χ0v) is 4.75. The SMILES string of the molecule is C1=CC2C=CC1C2.[CH]. The van der Waals surface area contributed by atoms with Crippen molar-refractivity contribution < 1.29 is 0 Å². The average Bonchev–Trinajstić information content (AvgIpc) is 2.22. The highest BCUT2D eigenvalue weighted by molar-refractivity contribution is 5.21. The average molecular weight is 105 g/mol. The van der Waals surface area contributed by atoms with Crippen LogP contribution in [-0.4, -0.2) is 0 Å². The second-order valence-electron chi connectivity index (χ2n) is 2.33. The Morgan fingerprint density at radius 3 is 1.38 bits per heavy atom. The van der Waals surface area contributed by atoms with E-state index >= 15 is 0 Å². The standard InChI is InChI=1S/C7H8.CH/c1-2-7-4-3-6(1)5-7;/h1-4,6-7H,5H2;1H. The molecule has 0 unspecified atom stereocenters. The fraction of sp³-hybridized carbons (Fsp3) is 0.375. The molecule has 0 aromatic heterocycles. The van der Waals surface area contributed by atoms with Gasteiger partial charge in [-0.25, -0.2) is 0 Å². The van der Waals surface area contributed by atoms with Gasteiger partial charge in [-0.2, -0.15) is 0 Å². The minimum atomic E-state index is 0. The van der Waals surface area contributed by atoms with Crippen LogP contribution in [0.4, 0.5) is 0 Å². The summed E-state index contributed by atoms with van der Waals surface area (Å²) in [7, 11) is 0. The predicted octanol–water partition coefficient (Wildman–Crippen LogP) is 1.95. The van der Waals surface area contributed by atoms with Crippen molar-refractivity contribution in [1.82, 2.24) is 0 Å². The van der Waals surface area contributed by atoms with Crippen molar-refractivity contribution in [3.05, 3.63) is 31.7 Å². The molecular formula is C8H9. The first kappa shape index (κ1) is 5.61. The molecule has 0 aromatic rings. The van der Waals surface area contributed by atoms with E-state index in [2.05, 4.69) is 24.3 Å². The molecule has 0 N–H and O–H groups in total. The largest absolute Gasteiger partial charge is 0.0810 e. The number of fused-ring (bicyclic) bond motifs is 2. The molecule has 0 saturated carbocycles. The van der Waals surface area contributed by atoms with Crippen molar-refractivity contribution in [2.75, 3.05) is 0 Å². The summed E-state index contributed by atoms with van der Waals surface area (Å²) in [5.74, 6) is 1.62. The van der Waals surface area contributed by atoms with Gasteiger partial charge in [-0.15, -0.1) is 0 Å². The summed E-state index contributed by atoms with van der Waals surface area (Å²) >= 11 is 0. The van der Waals surface area contributed by atoms with Gasteiger partial charge in [0.2, 0.25) is 0 Å². The van der Waals surface area contributed by atoms with E-state index in [4.69, 9.17) is 0 Å². The number of hydrogen-bond donors (Lipinski definition) is 0. The van der Waals surface area contributed by atoms with Gasteiger partial charge in [-0.05, 0) is 25.7 Å². The molecule has 0 fully saturated rings. The Balaban J connectivity index is 0.000000320. The van der Waals surface area contributed by atoms with Crippen molar-refractivity contribution in [3.63, 3.8) is 0 Å². The first-order valence-electron chi connectivity index (χ1n) is 2.82. The molecule has 41 valence electrons. The van der Waals surface area contributed by atoms with Gasteiger partial charge in [0.1, 0.15) is 0 Å². The molecule has 0 atom stereocenters. The molecular weight excluding hydrogens is 96.1 g/mol. The summed E-state index contributed by atoms with van der Waals surface area (Å²) in [5, 5.41) is 0. The topological polar surface area (TPSA) is 0 Å². The molecule has 2 aliphatic rings. The number of hydrogen-bond acceptors (Lipinski definition) is 0. The molecule has 3 radical (unpaired) electrons. The van der Waals surface area contributed by atoms with E-state index < -0.39 is 0 Å². The van der Waals surface area contributed by atoms with Crippen molar-refractivity contribution >= 4 is 0 Å². The van der Waals surface area contributed by atoms with Crippen LogP contribution in [0.2, 0.25) is 0 Å². The first-order chi connectivity index (χ1) is 3.45. The maximum Gasteiger partial charge on any atom is -0.00445 e. The Labute approximate surface area is 50.9 Å². The highest BCUT2D eigenvalue weighted by atomic mass is 14.2. The summed E-state index contributed by atoms with van der Waals surface area (Å²) < 4.78 is 0. The molecule has 0 aliphatic heterocycles. The first-order valence-corrected chi connectivity index (χ1v) is 2.82. The molecule has 0 saturated heterocycles. The van der Waals surface area contributed by atoms with Crippen LogP contribution < -0.4 is 0 Å². The third-order valence-electron chi connectivity index (χ3n) is 1.76. The Morgan fingerprint density at radius 1 is 0.875 bits per heavy atom. The highest BCUT2D eigenvalue weighted by Crippen LogP contribution is 2.31. The minimum absolute atomic E-state index is 0. The lowest BCUT2D eigenvalue weighted by molar-refractivity contribution is 0.732. The third-order valence-corrected chi connectivity index (χ3v) is 1.76. The Bertz CT molecular complexity index is 103. The zero-order chi connectivity index (χ0) is 4.69. The molecule has 8 heavy (non-hydrogen) atoms. The van der Waals surface area contributed by atoms with Crippen LogP contribution in [0.25, 0.3) is 0 Å². The van der Waals surface area contributed by atoms with Gasteiger partial charge in [0.15, 0.2) is 0 Å². The summed E-state index contributed by atoms with van der Waals surface area (Å²) in [6.07, 6.45) is 10.5. The van der Waals surface area contributed by atoms with Gasteiger partial charge in [0.25, 0.3) is 0 Å². The quantitative estimate of drug-likeness (QED) is 0.413. The number of rotatable bonds is 0. The second-order valence-corrected chi connectivity index (χ2v) is 2.33. The summed E-state index contributed by atoms with van der Waals surface area (Å²) in [4.78, 5) is 0. The van der Waals surface area contributed by atoms with Crippen LogP contribution >= 0.6 is 0 Å². The Kier molecular flexibility index (Phi) is 1.24. The van der Waals surface area contributed by atoms with E-state index in [1.807, 2.05) is 0 Å². The van der Waals surface area contributed by atoms with Crippen LogP contribution in [0.5, 0.6) is 0 Å². The molecule has 0 spiro atoms. The van der Waals surface area contributed by atoms with Crippen molar-refractivity contribution in [1.29, 1.82) is 0 Å². The van der Waals surface area contributed by atoms with Gasteiger partial charge in [0, 0.05) is 0 Å². The lowest BCUT2D eigenvalue weighted by Gasteiger charge is -1.88. The van der Waals surface area contributed by atoms with Crippen LogP contribution in [0.1, 0.15) is 6.42 Å². The maximum absolute atomic E-state index is 2.30. The van der Waals surface area contributed by atoms with Gasteiger partial charge in [0.05, 0.1) is 0 Å². The zero-order valence-electron chi connectivity index (χ0n) is 4.75. The monoisotopic (exact) mass is 105 g/mol. The summed E-state index contributed by atoms with van der Waals surface area (Å²) in [5.41, 5.74) is 0. The fourth-order valence-electron chi connectivity index (χ4n) is 1.33. The molecule has 0 heterocycles. The van der Waals surface area contributed by atoms with E-state index in [0.29, 0.717) is 0 Å². The Morgan fingerprint density at radius 2 is 1.25 bits per heavy atom. The van der Waals surface area contributed by atoms with Crippen LogP contribution in [0.3, 0.4) is 0 Å². The van der Waals surface area contributed by atoms with Gasteiger partial charge >= 0.3 is 0 Å². The molecule has 2 rings (SSSR count). The van der Waals surface area contributed by atoms with E-state index in [0.717, 1.165) is 11.8 Å². The normalized spacial score (nSPS) is 38.0. The molecule has 0 nitrogen and oxygen atoms in total. The van der Waals surface area contributed by atoms with Crippen LogP contribution in [0.15, 0.2) is 24.3 Å². The number of allylic oxidation sites excluding steroid dienone is 4. The van der Waals surface area contributed by atoms with E-state index in [-0.39, 0.29) is 7.43 Å². The lowest BCUT2D eigenvalue weighted by atomic mass is 10.2. The van der Waals surface area contributed by atoms with Crippen LogP contribution in [0, 0.1) is 19.3 Å². The summed E-state index contributed by atoms with van der Waals surface area (Å²) in [6.45, 7) is 0. The van der Waals surface area contributed by atoms with Gasteiger partial charge in [-0.1, -0.05) is 24.3 Å². The van der Waals surface area contributed by atoms with Crippen molar-refractivity contribution in [3.8, 4) is 0 Å². The van der Waals surface area contributed by atoms with E-state index in [1.165, 1.54) is 6.42 Å². The second kappa shape index (κ2) is 1.77. The van der Waals surface area contributed by atoms with E-state index in [9.17, 15) is 0 Å². The Hall–Kier alpha value is -0.520. The predicted molar refractivity (Wildman–Crippen MR) is 34.2 cm³/mol. The van der Waals surface area contributed by atoms with Crippen molar-refractivity contribution in [2.24, 2.45) is 11.8 Å². The van der Waals surface area contributed by atoms with Gasteiger partial charge in [-0.3, -0.25) is 0 Å². The highest BCUT2D eigenvalue weighted by Gasteiger charge is 2.19. The lowest BCUT2D eigenvalue weighted by Crippen LogP contribution is -1.79. The molecule has 2 aliphatic carbocycles. The smallest absolute Gasteiger partial charge is 0.00445 e. The van der Waals surface area contributed by atoms with Crippen molar-refractivity contribution in [2.45, 2.75) is 6.42 Å². The molecule has 0 amide bonds.